The molecule has 0 aliphatic carbocycles. The smallest absolute Gasteiger partial charge is 0.198 e. The van der Waals surface area contributed by atoms with Crippen LogP contribution in [-0.2, 0) is 9.47 Å². The van der Waals surface area contributed by atoms with Crippen LogP contribution in [0.2, 0.25) is 0 Å². The fourth-order valence-electron chi connectivity index (χ4n) is 0.605. The van der Waals surface area contributed by atoms with Crippen LogP contribution in [-0.4, -0.2) is 12.9 Å². The van der Waals surface area contributed by atoms with Crippen LogP contribution in [0, 0.1) is 0 Å². The summed E-state index contributed by atoms with van der Waals surface area (Å²) in [5, 5.41) is 0. The molecule has 2 nitrogen and oxygen atoms in total. The number of rotatable bonds is 5. The molecule has 0 amide bonds. The SMILES string of the molecule is C.CC=COC(CC)OCC. The molecule has 1 unspecified atom stereocenters. The van der Waals surface area contributed by atoms with Crippen molar-refractivity contribution in [3.05, 3.63) is 12.3 Å². The summed E-state index contributed by atoms with van der Waals surface area (Å²) in [6, 6.07) is 0. The molecule has 2 heteroatoms. The average molecular weight is 160 g/mol. The Hall–Kier alpha value is -0.500. The zero-order valence-electron chi connectivity index (χ0n) is 6.96. The van der Waals surface area contributed by atoms with Gasteiger partial charge >= 0.3 is 0 Å². The Morgan fingerprint density at radius 1 is 1.36 bits per heavy atom. The van der Waals surface area contributed by atoms with Crippen molar-refractivity contribution >= 4 is 0 Å². The molecule has 0 aliphatic heterocycles. The van der Waals surface area contributed by atoms with Crippen LogP contribution in [0.1, 0.15) is 34.6 Å². The van der Waals surface area contributed by atoms with Crippen molar-refractivity contribution in [2.45, 2.75) is 40.9 Å². The Kier molecular flexibility index (Phi) is 11.3. The molecular formula is C9H20O2. The molecule has 0 aliphatic rings. The molecule has 0 heterocycles. The third-order valence-corrected chi connectivity index (χ3v) is 1.05. The second kappa shape index (κ2) is 9.50. The molecule has 0 saturated heterocycles. The molecule has 0 aromatic heterocycles. The van der Waals surface area contributed by atoms with Gasteiger partial charge in [-0.15, -0.1) is 0 Å². The van der Waals surface area contributed by atoms with E-state index in [9.17, 15) is 0 Å². The Morgan fingerprint density at radius 2 is 2.00 bits per heavy atom. The average Bonchev–Trinajstić information content (AvgIpc) is 1.98. The number of hydrogen-bond acceptors (Lipinski definition) is 2. The molecule has 0 radical (unpaired) electrons. The van der Waals surface area contributed by atoms with Crippen LogP contribution in [0.4, 0.5) is 0 Å². The van der Waals surface area contributed by atoms with Crippen molar-refractivity contribution in [2.24, 2.45) is 0 Å². The molecule has 0 saturated carbocycles. The molecule has 68 valence electrons. The van der Waals surface area contributed by atoms with Crippen LogP contribution >= 0.6 is 0 Å². The van der Waals surface area contributed by atoms with Crippen molar-refractivity contribution in [3.63, 3.8) is 0 Å². The lowest BCUT2D eigenvalue weighted by molar-refractivity contribution is -0.103. The van der Waals surface area contributed by atoms with Crippen molar-refractivity contribution in [1.29, 1.82) is 0 Å². The van der Waals surface area contributed by atoms with E-state index in [1.54, 1.807) is 6.26 Å². The summed E-state index contributed by atoms with van der Waals surface area (Å²) in [5.74, 6) is 0. The first-order valence-electron chi connectivity index (χ1n) is 3.73. The van der Waals surface area contributed by atoms with Gasteiger partial charge in [0.15, 0.2) is 6.29 Å². The summed E-state index contributed by atoms with van der Waals surface area (Å²) < 4.78 is 10.4. The predicted octanol–water partition coefficient (Wildman–Crippen LogP) is 2.95. The third kappa shape index (κ3) is 7.40. The van der Waals surface area contributed by atoms with Gasteiger partial charge in [0.25, 0.3) is 0 Å². The van der Waals surface area contributed by atoms with E-state index in [0.29, 0.717) is 6.61 Å². The highest BCUT2D eigenvalue weighted by atomic mass is 16.7. The van der Waals surface area contributed by atoms with Gasteiger partial charge in [0.1, 0.15) is 0 Å². The summed E-state index contributed by atoms with van der Waals surface area (Å²) in [6.07, 6.45) is 4.32. The maximum Gasteiger partial charge on any atom is 0.198 e. The van der Waals surface area contributed by atoms with E-state index in [1.165, 1.54) is 0 Å². The third-order valence-electron chi connectivity index (χ3n) is 1.05. The van der Waals surface area contributed by atoms with Gasteiger partial charge in [0, 0.05) is 13.0 Å². The van der Waals surface area contributed by atoms with Gasteiger partial charge in [-0.05, 0) is 13.8 Å². The molecule has 0 bridgehead atoms. The van der Waals surface area contributed by atoms with Crippen LogP contribution in [0.3, 0.4) is 0 Å². The van der Waals surface area contributed by atoms with Crippen LogP contribution < -0.4 is 0 Å². The highest BCUT2D eigenvalue weighted by Crippen LogP contribution is 1.99. The minimum Gasteiger partial charge on any atom is -0.473 e. The zero-order chi connectivity index (χ0) is 7.82. The quantitative estimate of drug-likeness (QED) is 0.454. The standard InChI is InChI=1S/C8H16O2.CH4/c1-4-7-10-8(5-2)9-6-3;/h4,7-8H,5-6H2,1-3H3;1H4. The van der Waals surface area contributed by atoms with Crippen molar-refractivity contribution < 1.29 is 9.47 Å². The topological polar surface area (TPSA) is 18.5 Å². The van der Waals surface area contributed by atoms with E-state index in [-0.39, 0.29) is 13.7 Å². The van der Waals surface area contributed by atoms with Gasteiger partial charge < -0.3 is 9.47 Å². The fraction of sp³-hybridized carbons (Fsp3) is 0.778. The summed E-state index contributed by atoms with van der Waals surface area (Å²) in [5.41, 5.74) is 0. The Morgan fingerprint density at radius 3 is 2.36 bits per heavy atom. The lowest BCUT2D eigenvalue weighted by Crippen LogP contribution is -2.12. The van der Waals surface area contributed by atoms with Gasteiger partial charge in [-0.25, -0.2) is 0 Å². The Labute approximate surface area is 70.2 Å². The minimum absolute atomic E-state index is 0. The lowest BCUT2D eigenvalue weighted by atomic mass is 10.5. The molecule has 0 N–H and O–H groups in total. The van der Waals surface area contributed by atoms with Crippen LogP contribution in [0.25, 0.3) is 0 Å². The number of allylic oxidation sites excluding steroid dienone is 1. The number of hydrogen-bond donors (Lipinski definition) is 0. The minimum atomic E-state index is -0.0683. The van der Waals surface area contributed by atoms with Gasteiger partial charge in [-0.1, -0.05) is 20.4 Å². The van der Waals surface area contributed by atoms with Gasteiger partial charge in [0.05, 0.1) is 6.26 Å². The van der Waals surface area contributed by atoms with Gasteiger partial charge in [-0.2, -0.15) is 0 Å². The van der Waals surface area contributed by atoms with E-state index in [0.717, 1.165) is 6.42 Å². The highest BCUT2D eigenvalue weighted by Gasteiger charge is 2.01. The number of ether oxygens (including phenoxy) is 2. The second-order valence-corrected chi connectivity index (χ2v) is 1.90. The van der Waals surface area contributed by atoms with E-state index in [1.807, 2.05) is 26.8 Å². The van der Waals surface area contributed by atoms with Gasteiger partial charge in [-0.3, -0.25) is 0 Å². The molecule has 0 fully saturated rings. The molecule has 1 atom stereocenters. The normalized spacial score (nSPS) is 12.6. The second-order valence-electron chi connectivity index (χ2n) is 1.90. The molecule has 11 heavy (non-hydrogen) atoms. The molecule has 0 spiro atoms. The molecule has 0 rings (SSSR count). The van der Waals surface area contributed by atoms with E-state index in [4.69, 9.17) is 9.47 Å². The first kappa shape index (κ1) is 13.1. The molecule has 0 aromatic rings. The van der Waals surface area contributed by atoms with E-state index >= 15 is 0 Å². The highest BCUT2D eigenvalue weighted by molar-refractivity contribution is 4.65. The Balaban J connectivity index is 0. The Bertz CT molecular complexity index is 89.6. The summed E-state index contributed by atoms with van der Waals surface area (Å²) in [4.78, 5) is 0. The monoisotopic (exact) mass is 160 g/mol. The molecular weight excluding hydrogens is 140 g/mol. The van der Waals surface area contributed by atoms with E-state index < -0.39 is 0 Å². The van der Waals surface area contributed by atoms with Crippen LogP contribution in [0.5, 0.6) is 0 Å². The summed E-state index contributed by atoms with van der Waals surface area (Å²) in [6.45, 7) is 6.61. The first-order valence-corrected chi connectivity index (χ1v) is 3.73. The van der Waals surface area contributed by atoms with Crippen LogP contribution in [0.15, 0.2) is 12.3 Å². The lowest BCUT2D eigenvalue weighted by Gasteiger charge is -2.13. The van der Waals surface area contributed by atoms with Gasteiger partial charge in [0.2, 0.25) is 0 Å². The predicted molar refractivity (Wildman–Crippen MR) is 48.3 cm³/mol. The van der Waals surface area contributed by atoms with Crippen molar-refractivity contribution in [2.75, 3.05) is 6.61 Å². The largest absolute Gasteiger partial charge is 0.473 e. The maximum atomic E-state index is 5.22. The summed E-state index contributed by atoms with van der Waals surface area (Å²) >= 11 is 0. The first-order chi connectivity index (χ1) is 4.85. The van der Waals surface area contributed by atoms with Crippen molar-refractivity contribution in [1.82, 2.24) is 0 Å². The van der Waals surface area contributed by atoms with Crippen molar-refractivity contribution in [3.8, 4) is 0 Å². The summed E-state index contributed by atoms with van der Waals surface area (Å²) in [7, 11) is 0. The fourth-order valence-corrected chi connectivity index (χ4v) is 0.605. The van der Waals surface area contributed by atoms with E-state index in [2.05, 4.69) is 0 Å². The zero-order valence-corrected chi connectivity index (χ0v) is 6.96. The molecule has 0 aromatic carbocycles. The maximum absolute atomic E-state index is 5.22.